The molecule has 0 aliphatic heterocycles. The smallest absolute Gasteiger partial charge is 0.266 e. The Hall–Kier alpha value is -1.49. The van der Waals surface area contributed by atoms with Crippen LogP contribution in [0.3, 0.4) is 0 Å². The van der Waals surface area contributed by atoms with Crippen LogP contribution in [0.1, 0.15) is 12.0 Å². The average molecular weight is 391 g/mol. The van der Waals surface area contributed by atoms with Crippen LogP contribution < -0.4 is 5.56 Å². The van der Waals surface area contributed by atoms with E-state index in [9.17, 15) is 4.79 Å². The second-order valence-corrected chi connectivity index (χ2v) is 8.89. The standard InChI is InChI=1S/C19H16Cl2N2OS/c1-12-6-8-14(9-7-12)23-17(24)15-4-2-3-5-16(15)22-18(23)25-11-13-10-19(13,20)21/h2-9,13H,10-11H2,1H3/t13-/m0/s1. The first kappa shape index (κ1) is 17.0. The Kier molecular flexibility index (Phi) is 4.30. The molecule has 128 valence electrons. The average Bonchev–Trinajstić information content (AvgIpc) is 3.21. The van der Waals surface area contributed by atoms with E-state index in [1.54, 1.807) is 4.57 Å². The van der Waals surface area contributed by atoms with Crippen LogP contribution in [0, 0.1) is 12.8 Å². The lowest BCUT2D eigenvalue weighted by atomic mass is 10.2. The molecule has 1 fully saturated rings. The monoisotopic (exact) mass is 390 g/mol. The van der Waals surface area contributed by atoms with Crippen molar-refractivity contribution in [3.63, 3.8) is 0 Å². The molecule has 0 N–H and O–H groups in total. The van der Waals surface area contributed by atoms with Gasteiger partial charge in [0.05, 0.1) is 16.6 Å². The van der Waals surface area contributed by atoms with Gasteiger partial charge in [0.1, 0.15) is 4.33 Å². The van der Waals surface area contributed by atoms with Crippen LogP contribution in [0.25, 0.3) is 16.6 Å². The van der Waals surface area contributed by atoms with Crippen molar-refractivity contribution in [2.24, 2.45) is 5.92 Å². The van der Waals surface area contributed by atoms with Crippen LogP contribution in [-0.4, -0.2) is 19.6 Å². The molecule has 3 aromatic rings. The van der Waals surface area contributed by atoms with Gasteiger partial charge in [-0.15, -0.1) is 23.2 Å². The Morgan fingerprint density at radius 2 is 1.88 bits per heavy atom. The van der Waals surface area contributed by atoms with Crippen molar-refractivity contribution in [2.45, 2.75) is 22.8 Å². The molecule has 0 bridgehead atoms. The molecule has 1 aromatic heterocycles. The summed E-state index contributed by atoms with van der Waals surface area (Å²) in [5.74, 6) is 0.972. The van der Waals surface area contributed by atoms with Crippen LogP contribution >= 0.6 is 35.0 Å². The maximum atomic E-state index is 13.1. The third-order valence-corrected chi connectivity index (χ3v) is 6.43. The molecule has 1 saturated carbocycles. The fourth-order valence-corrected chi connectivity index (χ4v) is 4.70. The molecule has 1 aliphatic carbocycles. The van der Waals surface area contributed by atoms with E-state index in [1.165, 1.54) is 11.8 Å². The number of thioether (sulfide) groups is 1. The van der Waals surface area contributed by atoms with Gasteiger partial charge in [-0.2, -0.15) is 0 Å². The number of alkyl halides is 2. The van der Waals surface area contributed by atoms with E-state index in [0.29, 0.717) is 16.1 Å². The Bertz CT molecular complexity index is 998. The summed E-state index contributed by atoms with van der Waals surface area (Å²) in [6, 6.07) is 15.3. The Morgan fingerprint density at radius 1 is 1.20 bits per heavy atom. The minimum absolute atomic E-state index is 0.0595. The first-order chi connectivity index (χ1) is 12.0. The van der Waals surface area contributed by atoms with Crippen LogP contribution in [0.2, 0.25) is 0 Å². The number of fused-ring (bicyclic) bond motifs is 1. The zero-order valence-corrected chi connectivity index (χ0v) is 15.9. The van der Waals surface area contributed by atoms with Gasteiger partial charge < -0.3 is 0 Å². The summed E-state index contributed by atoms with van der Waals surface area (Å²) in [5.41, 5.74) is 2.61. The molecule has 1 aliphatic rings. The van der Waals surface area contributed by atoms with Crippen LogP contribution in [-0.2, 0) is 0 Å². The number of rotatable bonds is 4. The van der Waals surface area contributed by atoms with Crippen molar-refractivity contribution in [1.82, 2.24) is 9.55 Å². The van der Waals surface area contributed by atoms with Gasteiger partial charge in [-0.1, -0.05) is 41.6 Å². The van der Waals surface area contributed by atoms with Gasteiger partial charge in [0, 0.05) is 11.7 Å². The number of nitrogens with zero attached hydrogens (tertiary/aromatic N) is 2. The highest BCUT2D eigenvalue weighted by Gasteiger charge is 2.51. The molecule has 2 aromatic carbocycles. The fourth-order valence-electron chi connectivity index (χ4n) is 2.76. The van der Waals surface area contributed by atoms with Gasteiger partial charge in [0.2, 0.25) is 0 Å². The van der Waals surface area contributed by atoms with Gasteiger partial charge >= 0.3 is 0 Å². The van der Waals surface area contributed by atoms with E-state index < -0.39 is 4.33 Å². The molecule has 0 saturated heterocycles. The summed E-state index contributed by atoms with van der Waals surface area (Å²) < 4.78 is 1.05. The minimum Gasteiger partial charge on any atom is -0.268 e. The molecular weight excluding hydrogens is 375 g/mol. The lowest BCUT2D eigenvalue weighted by molar-refractivity contribution is 0.816. The van der Waals surface area contributed by atoms with E-state index in [0.717, 1.165) is 23.4 Å². The number of hydrogen-bond acceptors (Lipinski definition) is 3. The van der Waals surface area contributed by atoms with E-state index in [2.05, 4.69) is 0 Å². The van der Waals surface area contributed by atoms with Crippen molar-refractivity contribution >= 4 is 45.9 Å². The number of aryl methyl sites for hydroxylation is 1. The van der Waals surface area contributed by atoms with Crippen LogP contribution in [0.5, 0.6) is 0 Å². The summed E-state index contributed by atoms with van der Waals surface area (Å²) in [5, 5.41) is 1.28. The summed E-state index contributed by atoms with van der Waals surface area (Å²) in [4.78, 5) is 17.8. The molecule has 4 rings (SSSR count). The highest BCUT2D eigenvalue weighted by Crippen LogP contribution is 2.54. The second-order valence-electron chi connectivity index (χ2n) is 6.36. The highest BCUT2D eigenvalue weighted by atomic mass is 35.5. The third kappa shape index (κ3) is 3.31. The van der Waals surface area contributed by atoms with Gasteiger partial charge in [-0.25, -0.2) is 4.98 Å². The molecule has 0 radical (unpaired) electrons. The molecule has 25 heavy (non-hydrogen) atoms. The zero-order chi connectivity index (χ0) is 17.6. The highest BCUT2D eigenvalue weighted by molar-refractivity contribution is 7.99. The quantitative estimate of drug-likeness (QED) is 0.357. The third-order valence-electron chi connectivity index (χ3n) is 4.41. The summed E-state index contributed by atoms with van der Waals surface area (Å²) in [7, 11) is 0. The zero-order valence-electron chi connectivity index (χ0n) is 13.6. The van der Waals surface area contributed by atoms with Crippen molar-refractivity contribution in [3.8, 4) is 5.69 Å². The number of benzene rings is 2. The van der Waals surface area contributed by atoms with Crippen LogP contribution in [0.4, 0.5) is 0 Å². The van der Waals surface area contributed by atoms with Crippen molar-refractivity contribution in [3.05, 3.63) is 64.4 Å². The normalized spacial score (nSPS) is 18.4. The number of para-hydroxylation sites is 1. The fraction of sp³-hybridized carbons (Fsp3) is 0.263. The van der Waals surface area contributed by atoms with Crippen molar-refractivity contribution in [2.75, 3.05) is 5.75 Å². The van der Waals surface area contributed by atoms with E-state index in [4.69, 9.17) is 28.2 Å². The molecule has 0 unspecified atom stereocenters. The second kappa shape index (κ2) is 6.35. The Balaban J connectivity index is 1.82. The van der Waals surface area contributed by atoms with Gasteiger partial charge in [-0.3, -0.25) is 9.36 Å². The van der Waals surface area contributed by atoms with Crippen molar-refractivity contribution in [1.29, 1.82) is 0 Å². The molecule has 6 heteroatoms. The molecule has 3 nitrogen and oxygen atoms in total. The van der Waals surface area contributed by atoms with Gasteiger partial charge in [-0.05, 0) is 37.6 Å². The van der Waals surface area contributed by atoms with Gasteiger partial charge in [0.15, 0.2) is 5.16 Å². The molecule has 0 amide bonds. The van der Waals surface area contributed by atoms with E-state index in [1.807, 2.05) is 55.5 Å². The maximum Gasteiger partial charge on any atom is 0.266 e. The topological polar surface area (TPSA) is 34.9 Å². The first-order valence-electron chi connectivity index (χ1n) is 8.05. The van der Waals surface area contributed by atoms with Crippen molar-refractivity contribution < 1.29 is 0 Å². The molecule has 1 heterocycles. The Morgan fingerprint density at radius 3 is 2.56 bits per heavy atom. The summed E-state index contributed by atoms with van der Waals surface area (Å²) in [6.07, 6.45) is 0.783. The SMILES string of the molecule is Cc1ccc(-n2c(SC[C@@H]3CC3(Cl)Cl)nc3ccccc3c2=O)cc1. The van der Waals surface area contributed by atoms with E-state index >= 15 is 0 Å². The minimum atomic E-state index is -0.626. The van der Waals surface area contributed by atoms with E-state index in [-0.39, 0.29) is 11.5 Å². The number of hydrogen-bond donors (Lipinski definition) is 0. The lowest BCUT2D eigenvalue weighted by Crippen LogP contribution is -2.22. The summed E-state index contributed by atoms with van der Waals surface area (Å²) >= 11 is 13.8. The number of halogens is 2. The largest absolute Gasteiger partial charge is 0.268 e. The van der Waals surface area contributed by atoms with Gasteiger partial charge in [0.25, 0.3) is 5.56 Å². The maximum absolute atomic E-state index is 13.1. The molecular formula is C19H16Cl2N2OS. The predicted octanol–water partition coefficient (Wildman–Crippen LogP) is 4.98. The molecule has 1 atom stereocenters. The predicted molar refractivity (Wildman–Crippen MR) is 105 cm³/mol. The Labute approximate surface area is 160 Å². The first-order valence-corrected chi connectivity index (χ1v) is 9.79. The summed E-state index contributed by atoms with van der Waals surface area (Å²) in [6.45, 7) is 2.02. The molecule has 0 spiro atoms. The lowest BCUT2D eigenvalue weighted by Gasteiger charge is -2.13. The number of aromatic nitrogens is 2. The van der Waals surface area contributed by atoms with Crippen LogP contribution in [0.15, 0.2) is 58.5 Å².